The first-order valence-electron chi connectivity index (χ1n) is 2.60. The highest BCUT2D eigenvalue weighted by Gasteiger charge is 2.01. The Labute approximate surface area is 51.3 Å². The second-order valence-corrected chi connectivity index (χ2v) is 1.85. The molecule has 4 N–H and O–H groups in total. The molecule has 0 fully saturated rings. The average molecular weight is 128 g/mol. The molecule has 0 spiro atoms. The van der Waals surface area contributed by atoms with Crippen LogP contribution in [0.2, 0.25) is 0 Å². The lowest BCUT2D eigenvalue weighted by molar-refractivity contribution is 0.745. The zero-order chi connectivity index (χ0) is 6.85. The molecular formula is C4H8N4O. The Balaban J connectivity index is 2.98. The van der Waals surface area contributed by atoms with E-state index < -0.39 is 0 Å². The van der Waals surface area contributed by atoms with Gasteiger partial charge in [-0.15, -0.1) is 0 Å². The molecule has 0 saturated carbocycles. The molecule has 0 aliphatic rings. The molecule has 5 nitrogen and oxygen atoms in total. The van der Waals surface area contributed by atoms with Crippen molar-refractivity contribution in [3.8, 4) is 0 Å². The molecule has 0 unspecified atom stereocenters. The fourth-order valence-corrected chi connectivity index (χ4v) is 0.499. The SMILES string of the molecule is C[C@@H](N)c1n[nH]c(=O)[nH]1. The maximum Gasteiger partial charge on any atom is 0.340 e. The van der Waals surface area contributed by atoms with Crippen LogP contribution in [-0.4, -0.2) is 15.2 Å². The van der Waals surface area contributed by atoms with Crippen molar-refractivity contribution in [2.45, 2.75) is 13.0 Å². The lowest BCUT2D eigenvalue weighted by Gasteiger charge is -1.94. The van der Waals surface area contributed by atoms with Gasteiger partial charge in [-0.3, -0.25) is 4.98 Å². The van der Waals surface area contributed by atoms with Crippen molar-refractivity contribution in [3.63, 3.8) is 0 Å². The van der Waals surface area contributed by atoms with Gasteiger partial charge in [0.25, 0.3) is 0 Å². The van der Waals surface area contributed by atoms with Crippen LogP contribution in [0, 0.1) is 0 Å². The van der Waals surface area contributed by atoms with Crippen molar-refractivity contribution >= 4 is 0 Å². The Morgan fingerprint density at radius 1 is 1.78 bits per heavy atom. The Morgan fingerprint density at radius 2 is 2.44 bits per heavy atom. The van der Waals surface area contributed by atoms with Crippen molar-refractivity contribution in [3.05, 3.63) is 16.3 Å². The van der Waals surface area contributed by atoms with Crippen molar-refractivity contribution in [1.82, 2.24) is 15.2 Å². The van der Waals surface area contributed by atoms with Crippen LogP contribution in [0.1, 0.15) is 18.8 Å². The van der Waals surface area contributed by atoms with Crippen LogP contribution < -0.4 is 11.4 Å². The number of aromatic nitrogens is 3. The van der Waals surface area contributed by atoms with E-state index in [1.807, 2.05) is 0 Å². The third-order valence-electron chi connectivity index (χ3n) is 0.951. The van der Waals surface area contributed by atoms with E-state index in [-0.39, 0.29) is 11.7 Å². The van der Waals surface area contributed by atoms with E-state index in [9.17, 15) is 4.79 Å². The molecule has 1 heterocycles. The van der Waals surface area contributed by atoms with E-state index in [0.29, 0.717) is 5.82 Å². The summed E-state index contributed by atoms with van der Waals surface area (Å²) in [4.78, 5) is 12.8. The number of hydrogen-bond donors (Lipinski definition) is 3. The van der Waals surface area contributed by atoms with Gasteiger partial charge < -0.3 is 5.73 Å². The summed E-state index contributed by atoms with van der Waals surface area (Å²) in [5.41, 5.74) is 5.06. The number of rotatable bonds is 1. The standard InChI is InChI=1S/C4H8N4O/c1-2(5)3-6-4(9)8-7-3/h2H,5H2,1H3,(H2,6,7,8,9)/t2-/m1/s1. The number of hydrogen-bond acceptors (Lipinski definition) is 3. The number of nitrogens with two attached hydrogens (primary N) is 1. The molecule has 1 rings (SSSR count). The summed E-state index contributed by atoms with van der Waals surface area (Å²) in [6.07, 6.45) is 0. The summed E-state index contributed by atoms with van der Waals surface area (Å²) in [5, 5.41) is 5.81. The molecule has 0 aliphatic heterocycles. The minimum atomic E-state index is -0.317. The molecule has 0 aliphatic carbocycles. The molecule has 1 aromatic heterocycles. The topological polar surface area (TPSA) is 87.6 Å². The first kappa shape index (κ1) is 6.03. The summed E-state index contributed by atoms with van der Waals surface area (Å²) in [5.74, 6) is 0.486. The van der Waals surface area contributed by atoms with Gasteiger partial charge in [0.05, 0.1) is 6.04 Å². The van der Waals surface area contributed by atoms with Crippen LogP contribution in [0.3, 0.4) is 0 Å². The highest BCUT2D eigenvalue weighted by molar-refractivity contribution is 4.86. The molecule has 0 amide bonds. The molecule has 50 valence electrons. The largest absolute Gasteiger partial charge is 0.340 e. The Morgan fingerprint density at radius 3 is 2.67 bits per heavy atom. The highest BCUT2D eigenvalue weighted by Crippen LogP contribution is 1.94. The van der Waals surface area contributed by atoms with Crippen LogP contribution in [0.15, 0.2) is 4.79 Å². The minimum absolute atomic E-state index is 0.219. The van der Waals surface area contributed by atoms with Gasteiger partial charge in [-0.1, -0.05) is 0 Å². The molecule has 5 heteroatoms. The summed E-state index contributed by atoms with van der Waals surface area (Å²) in [7, 11) is 0. The fourth-order valence-electron chi connectivity index (χ4n) is 0.499. The van der Waals surface area contributed by atoms with Crippen molar-refractivity contribution < 1.29 is 0 Å². The quantitative estimate of drug-likeness (QED) is 0.458. The molecule has 1 atom stereocenters. The van der Waals surface area contributed by atoms with E-state index in [1.54, 1.807) is 6.92 Å². The Bertz CT molecular complexity index is 235. The minimum Gasteiger partial charge on any atom is -0.322 e. The molecular weight excluding hydrogens is 120 g/mol. The van der Waals surface area contributed by atoms with Gasteiger partial charge in [-0.05, 0) is 6.92 Å². The van der Waals surface area contributed by atoms with Crippen LogP contribution in [0.5, 0.6) is 0 Å². The molecule has 0 saturated heterocycles. The first-order chi connectivity index (χ1) is 4.20. The van der Waals surface area contributed by atoms with Crippen LogP contribution in [-0.2, 0) is 0 Å². The lowest BCUT2D eigenvalue weighted by Crippen LogP contribution is -2.08. The summed E-state index contributed by atoms with van der Waals surface area (Å²) >= 11 is 0. The predicted octanol–water partition coefficient (Wildman–Crippen LogP) is -0.882. The van der Waals surface area contributed by atoms with Crippen molar-refractivity contribution in [2.24, 2.45) is 5.73 Å². The van der Waals surface area contributed by atoms with Crippen LogP contribution in [0.25, 0.3) is 0 Å². The Hall–Kier alpha value is -1.10. The van der Waals surface area contributed by atoms with Gasteiger partial charge in [-0.2, -0.15) is 5.10 Å². The molecule has 1 aromatic rings. The van der Waals surface area contributed by atoms with E-state index in [2.05, 4.69) is 15.2 Å². The van der Waals surface area contributed by atoms with Gasteiger partial charge in [0, 0.05) is 0 Å². The first-order valence-corrected chi connectivity index (χ1v) is 2.60. The normalized spacial score (nSPS) is 13.6. The Kier molecular flexibility index (Phi) is 1.35. The lowest BCUT2D eigenvalue weighted by atomic mass is 10.4. The smallest absolute Gasteiger partial charge is 0.322 e. The maximum absolute atomic E-state index is 10.4. The van der Waals surface area contributed by atoms with Gasteiger partial charge in [0.15, 0.2) is 0 Å². The maximum atomic E-state index is 10.4. The molecule has 0 radical (unpaired) electrons. The number of H-pyrrole nitrogens is 2. The van der Waals surface area contributed by atoms with Crippen molar-refractivity contribution in [1.29, 1.82) is 0 Å². The summed E-state index contributed by atoms with van der Waals surface area (Å²) in [6, 6.07) is -0.219. The van der Waals surface area contributed by atoms with E-state index in [4.69, 9.17) is 5.73 Å². The van der Waals surface area contributed by atoms with Crippen LogP contribution >= 0.6 is 0 Å². The zero-order valence-electron chi connectivity index (χ0n) is 5.01. The molecule has 0 bridgehead atoms. The summed E-state index contributed by atoms with van der Waals surface area (Å²) < 4.78 is 0. The van der Waals surface area contributed by atoms with E-state index in [1.165, 1.54) is 0 Å². The zero-order valence-corrected chi connectivity index (χ0v) is 5.01. The second-order valence-electron chi connectivity index (χ2n) is 1.85. The molecule has 9 heavy (non-hydrogen) atoms. The van der Waals surface area contributed by atoms with Gasteiger partial charge in [-0.25, -0.2) is 9.89 Å². The second kappa shape index (κ2) is 2.02. The van der Waals surface area contributed by atoms with Gasteiger partial charge in [0.1, 0.15) is 5.82 Å². The van der Waals surface area contributed by atoms with E-state index >= 15 is 0 Å². The number of aromatic amines is 2. The van der Waals surface area contributed by atoms with E-state index in [0.717, 1.165) is 0 Å². The van der Waals surface area contributed by atoms with Crippen LogP contribution in [0.4, 0.5) is 0 Å². The number of nitrogens with zero attached hydrogens (tertiary/aromatic N) is 1. The van der Waals surface area contributed by atoms with Gasteiger partial charge >= 0.3 is 5.69 Å². The highest BCUT2D eigenvalue weighted by atomic mass is 16.1. The third kappa shape index (κ3) is 1.17. The summed E-state index contributed by atoms with van der Waals surface area (Å²) in [6.45, 7) is 1.74. The number of nitrogens with one attached hydrogen (secondary N) is 2. The van der Waals surface area contributed by atoms with Crippen molar-refractivity contribution in [2.75, 3.05) is 0 Å². The molecule has 0 aromatic carbocycles. The predicted molar refractivity (Wildman–Crippen MR) is 31.8 cm³/mol. The van der Waals surface area contributed by atoms with Gasteiger partial charge in [0.2, 0.25) is 0 Å². The average Bonchev–Trinajstić information content (AvgIpc) is 2.14. The fraction of sp³-hybridized carbons (Fsp3) is 0.500. The third-order valence-corrected chi connectivity index (χ3v) is 0.951. The monoisotopic (exact) mass is 128 g/mol.